The minimum atomic E-state index is -0.881. The summed E-state index contributed by atoms with van der Waals surface area (Å²) in [6, 6.07) is 0. The molecule has 0 aromatic rings. The van der Waals surface area contributed by atoms with Gasteiger partial charge in [-0.3, -0.25) is 4.79 Å². The second-order valence-electron chi connectivity index (χ2n) is 4.40. The maximum absolute atomic E-state index is 11.3. The first-order valence-corrected chi connectivity index (χ1v) is 5.63. The largest absolute Gasteiger partial charge is 0.468 e. The highest BCUT2D eigenvalue weighted by Crippen LogP contribution is 2.13. The van der Waals surface area contributed by atoms with Crippen LogP contribution in [0, 0.1) is 0 Å². The van der Waals surface area contributed by atoms with Gasteiger partial charge in [-0.2, -0.15) is 0 Å². The van der Waals surface area contributed by atoms with Crippen LogP contribution in [0.4, 0.5) is 0 Å². The second kappa shape index (κ2) is 6.18. The zero-order valence-corrected chi connectivity index (χ0v) is 10.0. The van der Waals surface area contributed by atoms with Crippen LogP contribution in [0.15, 0.2) is 0 Å². The number of methoxy groups -OCH3 is 1. The highest BCUT2D eigenvalue weighted by molar-refractivity contribution is 5.79. The van der Waals surface area contributed by atoms with Crippen LogP contribution >= 0.6 is 0 Å². The molecule has 0 aliphatic carbocycles. The lowest BCUT2D eigenvalue weighted by atomic mass is 9.96. The Bertz CT molecular complexity index is 226. The topological polar surface area (TPSA) is 70.8 Å². The zero-order chi connectivity index (χ0) is 12.0. The van der Waals surface area contributed by atoms with Crippen molar-refractivity contribution in [2.24, 2.45) is 5.73 Å². The third-order valence-corrected chi connectivity index (χ3v) is 2.70. The van der Waals surface area contributed by atoms with Gasteiger partial charge in [-0.05, 0) is 26.2 Å². The first-order valence-electron chi connectivity index (χ1n) is 5.63. The molecule has 1 aliphatic rings. The minimum absolute atomic E-state index is 0.268. The summed E-state index contributed by atoms with van der Waals surface area (Å²) in [5.41, 5.74) is 4.93. The average Bonchev–Trinajstić information content (AvgIpc) is 2.19. The highest BCUT2D eigenvalue weighted by Gasteiger charge is 2.28. The van der Waals surface area contributed by atoms with E-state index in [1.54, 1.807) is 6.92 Å². The molecule has 0 aromatic heterocycles. The molecule has 5 heteroatoms. The van der Waals surface area contributed by atoms with E-state index >= 15 is 0 Å². The van der Waals surface area contributed by atoms with Crippen molar-refractivity contribution >= 4 is 5.97 Å². The summed E-state index contributed by atoms with van der Waals surface area (Å²) in [7, 11) is 1.35. The van der Waals surface area contributed by atoms with Crippen molar-refractivity contribution in [1.82, 2.24) is 0 Å². The average molecular weight is 231 g/mol. The lowest BCUT2D eigenvalue weighted by molar-refractivity contribution is -0.146. The molecule has 1 saturated heterocycles. The normalized spacial score (nSPS) is 19.9. The smallest absolute Gasteiger partial charge is 0.325 e. The summed E-state index contributed by atoms with van der Waals surface area (Å²) in [6.07, 6.45) is 2.64. The maximum atomic E-state index is 11.3. The molecule has 1 unspecified atom stereocenters. The van der Waals surface area contributed by atoms with E-state index in [0.29, 0.717) is 26.2 Å². The molecule has 0 bridgehead atoms. The molecular formula is C11H21NO4. The number of hydrogen-bond donors (Lipinski definition) is 1. The van der Waals surface area contributed by atoms with Crippen LogP contribution in [-0.2, 0) is 19.0 Å². The third kappa shape index (κ3) is 4.08. The fourth-order valence-corrected chi connectivity index (χ4v) is 1.49. The van der Waals surface area contributed by atoms with Crippen molar-refractivity contribution < 1.29 is 19.0 Å². The van der Waals surface area contributed by atoms with Crippen molar-refractivity contribution in [2.45, 2.75) is 37.8 Å². The van der Waals surface area contributed by atoms with E-state index in [-0.39, 0.29) is 12.1 Å². The standard InChI is InChI=1S/C11H21NO4/c1-11(12,10(13)14-2)5-3-4-6-16-9-7-15-8-9/h9H,3-8,12H2,1-2H3. The van der Waals surface area contributed by atoms with E-state index in [2.05, 4.69) is 4.74 Å². The lowest BCUT2D eigenvalue weighted by Crippen LogP contribution is -2.45. The summed E-state index contributed by atoms with van der Waals surface area (Å²) in [4.78, 5) is 11.3. The molecule has 1 aliphatic heterocycles. The molecule has 1 heterocycles. The minimum Gasteiger partial charge on any atom is -0.468 e. The Labute approximate surface area is 96.2 Å². The number of rotatable bonds is 7. The maximum Gasteiger partial charge on any atom is 0.325 e. The summed E-state index contributed by atoms with van der Waals surface area (Å²) < 4.78 is 15.1. The Morgan fingerprint density at radius 1 is 1.50 bits per heavy atom. The van der Waals surface area contributed by atoms with Gasteiger partial charge >= 0.3 is 5.97 Å². The Kier molecular flexibility index (Phi) is 5.18. The van der Waals surface area contributed by atoms with Crippen molar-refractivity contribution in [3.05, 3.63) is 0 Å². The van der Waals surface area contributed by atoms with E-state index < -0.39 is 5.54 Å². The molecule has 16 heavy (non-hydrogen) atoms. The molecule has 5 nitrogen and oxygen atoms in total. The lowest BCUT2D eigenvalue weighted by Gasteiger charge is -2.26. The van der Waals surface area contributed by atoms with Crippen LogP contribution < -0.4 is 5.73 Å². The molecule has 0 amide bonds. The molecule has 1 atom stereocenters. The Hall–Kier alpha value is -0.650. The molecule has 0 aromatic carbocycles. The highest BCUT2D eigenvalue weighted by atomic mass is 16.6. The quantitative estimate of drug-likeness (QED) is 0.509. The number of carbonyl (C=O) groups is 1. The predicted octanol–water partition coefficient (Wildman–Crippen LogP) is 0.463. The fourth-order valence-electron chi connectivity index (χ4n) is 1.49. The van der Waals surface area contributed by atoms with E-state index in [4.69, 9.17) is 15.2 Å². The van der Waals surface area contributed by atoms with Crippen molar-refractivity contribution in [3.63, 3.8) is 0 Å². The number of unbranched alkanes of at least 4 members (excludes halogenated alkanes) is 1. The third-order valence-electron chi connectivity index (χ3n) is 2.70. The van der Waals surface area contributed by atoms with Gasteiger partial charge in [0.15, 0.2) is 0 Å². The van der Waals surface area contributed by atoms with Gasteiger partial charge in [-0.15, -0.1) is 0 Å². The SMILES string of the molecule is COC(=O)C(C)(N)CCCCOC1COC1. The van der Waals surface area contributed by atoms with Gasteiger partial charge in [0, 0.05) is 6.61 Å². The summed E-state index contributed by atoms with van der Waals surface area (Å²) in [5.74, 6) is -0.360. The number of nitrogens with two attached hydrogens (primary N) is 1. The van der Waals surface area contributed by atoms with E-state index in [1.807, 2.05) is 0 Å². The van der Waals surface area contributed by atoms with E-state index in [1.165, 1.54) is 7.11 Å². The molecule has 1 fully saturated rings. The van der Waals surface area contributed by atoms with E-state index in [9.17, 15) is 4.79 Å². The fraction of sp³-hybridized carbons (Fsp3) is 0.909. The van der Waals surface area contributed by atoms with Gasteiger partial charge in [0.2, 0.25) is 0 Å². The molecular weight excluding hydrogens is 210 g/mol. The van der Waals surface area contributed by atoms with Crippen LogP contribution in [0.25, 0.3) is 0 Å². The number of hydrogen-bond acceptors (Lipinski definition) is 5. The molecule has 0 saturated carbocycles. The Balaban J connectivity index is 2.02. The van der Waals surface area contributed by atoms with E-state index in [0.717, 1.165) is 12.8 Å². The van der Waals surface area contributed by atoms with Crippen LogP contribution in [-0.4, -0.2) is 44.5 Å². The van der Waals surface area contributed by atoms with Crippen molar-refractivity contribution in [2.75, 3.05) is 26.9 Å². The summed E-state index contributed by atoms with van der Waals surface area (Å²) in [5, 5.41) is 0. The van der Waals surface area contributed by atoms with Crippen LogP contribution in [0.1, 0.15) is 26.2 Å². The second-order valence-corrected chi connectivity index (χ2v) is 4.40. The van der Waals surface area contributed by atoms with Gasteiger partial charge < -0.3 is 19.9 Å². The van der Waals surface area contributed by atoms with Crippen molar-refractivity contribution in [3.8, 4) is 0 Å². The molecule has 94 valence electrons. The monoisotopic (exact) mass is 231 g/mol. The first-order chi connectivity index (χ1) is 7.56. The van der Waals surface area contributed by atoms with Crippen molar-refractivity contribution in [1.29, 1.82) is 0 Å². The molecule has 1 rings (SSSR count). The van der Waals surface area contributed by atoms with Gasteiger partial charge in [0.05, 0.1) is 20.3 Å². The van der Waals surface area contributed by atoms with Crippen LogP contribution in [0.3, 0.4) is 0 Å². The van der Waals surface area contributed by atoms with Crippen LogP contribution in [0.5, 0.6) is 0 Å². The molecule has 0 spiro atoms. The number of carbonyl (C=O) groups excluding carboxylic acids is 1. The Morgan fingerprint density at radius 3 is 2.69 bits per heavy atom. The van der Waals surface area contributed by atoms with Crippen LogP contribution in [0.2, 0.25) is 0 Å². The summed E-state index contributed by atoms with van der Waals surface area (Å²) in [6.45, 7) is 3.80. The number of ether oxygens (including phenoxy) is 3. The number of esters is 1. The molecule has 2 N–H and O–H groups in total. The van der Waals surface area contributed by atoms with Gasteiger partial charge in [0.1, 0.15) is 11.6 Å². The zero-order valence-electron chi connectivity index (χ0n) is 10.0. The van der Waals surface area contributed by atoms with Gasteiger partial charge in [0.25, 0.3) is 0 Å². The molecule has 0 radical (unpaired) electrons. The predicted molar refractivity (Wildman–Crippen MR) is 59.0 cm³/mol. The first kappa shape index (κ1) is 13.4. The van der Waals surface area contributed by atoms with Gasteiger partial charge in [-0.1, -0.05) is 0 Å². The Morgan fingerprint density at radius 2 is 2.19 bits per heavy atom. The summed E-state index contributed by atoms with van der Waals surface area (Å²) >= 11 is 0. The van der Waals surface area contributed by atoms with Gasteiger partial charge in [-0.25, -0.2) is 0 Å².